The molecule has 1 heterocycles. The molecular formula is C16H12Cl2N2O. The summed E-state index contributed by atoms with van der Waals surface area (Å²) in [5.41, 5.74) is 3.10. The van der Waals surface area contributed by atoms with Crippen molar-refractivity contribution in [1.82, 2.24) is 10.2 Å². The molecule has 0 saturated carbocycles. The summed E-state index contributed by atoms with van der Waals surface area (Å²) in [6, 6.07) is 9.15. The SMILES string of the molecule is Cc1ccc(C)c2c(=O)[nH]nc(-c3ccc(Cl)cc3Cl)c12. The predicted molar refractivity (Wildman–Crippen MR) is 87.3 cm³/mol. The number of aryl methyl sites for hydroxylation is 2. The van der Waals surface area contributed by atoms with Gasteiger partial charge in [-0.1, -0.05) is 35.3 Å². The maximum atomic E-state index is 12.1. The lowest BCUT2D eigenvalue weighted by Crippen LogP contribution is -2.11. The Kier molecular flexibility index (Phi) is 3.47. The highest BCUT2D eigenvalue weighted by Gasteiger charge is 2.15. The summed E-state index contributed by atoms with van der Waals surface area (Å²) in [5, 5.41) is 9.29. The van der Waals surface area contributed by atoms with E-state index in [1.54, 1.807) is 12.1 Å². The Bertz CT molecular complexity index is 916. The van der Waals surface area contributed by atoms with Gasteiger partial charge in [0.05, 0.1) is 10.4 Å². The number of benzene rings is 2. The average Bonchev–Trinajstić information content (AvgIpc) is 2.44. The summed E-state index contributed by atoms with van der Waals surface area (Å²) in [6.07, 6.45) is 0. The van der Waals surface area contributed by atoms with E-state index in [4.69, 9.17) is 23.2 Å². The van der Waals surface area contributed by atoms with E-state index in [9.17, 15) is 4.79 Å². The summed E-state index contributed by atoms with van der Waals surface area (Å²) >= 11 is 12.2. The number of hydrogen-bond donors (Lipinski definition) is 1. The number of nitrogens with one attached hydrogen (secondary N) is 1. The Morgan fingerprint density at radius 1 is 1.00 bits per heavy atom. The fourth-order valence-corrected chi connectivity index (χ4v) is 3.00. The fraction of sp³-hybridized carbons (Fsp3) is 0.125. The Balaban J connectivity index is 2.47. The van der Waals surface area contributed by atoms with Crippen molar-refractivity contribution < 1.29 is 0 Å². The summed E-state index contributed by atoms with van der Waals surface area (Å²) in [6.45, 7) is 3.86. The van der Waals surface area contributed by atoms with Gasteiger partial charge in [0.25, 0.3) is 5.56 Å². The number of rotatable bonds is 1. The summed E-state index contributed by atoms with van der Waals surface area (Å²) in [7, 11) is 0. The number of hydrogen-bond acceptors (Lipinski definition) is 2. The molecule has 0 bridgehead atoms. The molecule has 0 aliphatic heterocycles. The lowest BCUT2D eigenvalue weighted by molar-refractivity contribution is 1.01. The molecule has 1 N–H and O–H groups in total. The Hall–Kier alpha value is -1.84. The third-order valence-corrected chi connectivity index (χ3v) is 4.09. The Morgan fingerprint density at radius 2 is 1.67 bits per heavy atom. The van der Waals surface area contributed by atoms with Gasteiger partial charge in [0.15, 0.2) is 0 Å². The monoisotopic (exact) mass is 318 g/mol. The van der Waals surface area contributed by atoms with E-state index in [-0.39, 0.29) is 5.56 Å². The molecular weight excluding hydrogens is 307 g/mol. The minimum absolute atomic E-state index is 0.194. The van der Waals surface area contributed by atoms with Crippen LogP contribution in [0.15, 0.2) is 35.1 Å². The quantitative estimate of drug-likeness (QED) is 0.717. The molecule has 106 valence electrons. The first-order chi connectivity index (χ1) is 9.99. The molecule has 3 rings (SSSR count). The van der Waals surface area contributed by atoms with Crippen molar-refractivity contribution in [2.24, 2.45) is 0 Å². The topological polar surface area (TPSA) is 45.8 Å². The van der Waals surface area contributed by atoms with Crippen molar-refractivity contribution >= 4 is 34.0 Å². The van der Waals surface area contributed by atoms with Gasteiger partial charge in [-0.3, -0.25) is 4.79 Å². The van der Waals surface area contributed by atoms with Crippen LogP contribution in [-0.2, 0) is 0 Å². The first-order valence-corrected chi connectivity index (χ1v) is 7.18. The zero-order valence-corrected chi connectivity index (χ0v) is 13.0. The molecule has 0 radical (unpaired) electrons. The number of aromatic nitrogens is 2. The standard InChI is InChI=1S/C16H12Cl2N2O/c1-8-3-4-9(2)14-13(8)15(19-20-16(14)21)11-6-5-10(17)7-12(11)18/h3-7H,1-2H3,(H,20,21). The van der Waals surface area contributed by atoms with Crippen molar-refractivity contribution in [2.75, 3.05) is 0 Å². The van der Waals surface area contributed by atoms with Crippen molar-refractivity contribution in [3.63, 3.8) is 0 Å². The van der Waals surface area contributed by atoms with E-state index in [0.29, 0.717) is 21.1 Å². The molecule has 0 fully saturated rings. The molecule has 0 amide bonds. The molecule has 0 unspecified atom stereocenters. The molecule has 3 aromatic rings. The highest BCUT2D eigenvalue weighted by molar-refractivity contribution is 6.36. The Labute approximate surface area is 131 Å². The molecule has 0 atom stereocenters. The van der Waals surface area contributed by atoms with Crippen LogP contribution in [0.5, 0.6) is 0 Å². The zero-order chi connectivity index (χ0) is 15.1. The molecule has 0 saturated heterocycles. The summed E-state index contributed by atoms with van der Waals surface area (Å²) in [5.74, 6) is 0. The normalized spacial score (nSPS) is 11.0. The van der Waals surface area contributed by atoms with Crippen LogP contribution in [0.25, 0.3) is 22.0 Å². The first-order valence-electron chi connectivity index (χ1n) is 6.43. The van der Waals surface area contributed by atoms with Crippen molar-refractivity contribution in [2.45, 2.75) is 13.8 Å². The van der Waals surface area contributed by atoms with Crippen LogP contribution in [0.4, 0.5) is 0 Å². The number of halogens is 2. The van der Waals surface area contributed by atoms with Crippen LogP contribution < -0.4 is 5.56 Å². The second-order valence-corrected chi connectivity index (χ2v) is 5.82. The third-order valence-electron chi connectivity index (χ3n) is 3.54. The van der Waals surface area contributed by atoms with Gasteiger partial charge in [-0.05, 0) is 43.2 Å². The smallest absolute Gasteiger partial charge is 0.267 e. The van der Waals surface area contributed by atoms with Crippen LogP contribution in [0.3, 0.4) is 0 Å². The van der Waals surface area contributed by atoms with Crippen molar-refractivity contribution in [1.29, 1.82) is 0 Å². The average molecular weight is 319 g/mol. The number of fused-ring (bicyclic) bond motifs is 1. The van der Waals surface area contributed by atoms with E-state index < -0.39 is 0 Å². The van der Waals surface area contributed by atoms with Gasteiger partial charge in [-0.2, -0.15) is 5.10 Å². The maximum absolute atomic E-state index is 12.1. The Morgan fingerprint density at radius 3 is 2.33 bits per heavy atom. The molecule has 2 aromatic carbocycles. The third kappa shape index (κ3) is 2.33. The lowest BCUT2D eigenvalue weighted by atomic mass is 9.98. The molecule has 21 heavy (non-hydrogen) atoms. The minimum Gasteiger partial charge on any atom is -0.267 e. The van der Waals surface area contributed by atoms with Gasteiger partial charge < -0.3 is 0 Å². The van der Waals surface area contributed by atoms with Gasteiger partial charge >= 0.3 is 0 Å². The second kappa shape index (κ2) is 5.17. The summed E-state index contributed by atoms with van der Waals surface area (Å²) < 4.78 is 0. The van der Waals surface area contributed by atoms with Crippen molar-refractivity contribution in [3.05, 3.63) is 61.9 Å². The fourth-order valence-electron chi connectivity index (χ4n) is 2.50. The van der Waals surface area contributed by atoms with Gasteiger partial charge in [-0.15, -0.1) is 0 Å². The van der Waals surface area contributed by atoms with Crippen molar-refractivity contribution in [3.8, 4) is 11.3 Å². The van der Waals surface area contributed by atoms with Gasteiger partial charge in [0, 0.05) is 16.0 Å². The van der Waals surface area contributed by atoms with E-state index in [1.165, 1.54) is 0 Å². The molecule has 0 spiro atoms. The van der Waals surface area contributed by atoms with Gasteiger partial charge in [0.1, 0.15) is 5.69 Å². The van der Waals surface area contributed by atoms with Gasteiger partial charge in [0.2, 0.25) is 0 Å². The van der Waals surface area contributed by atoms with Crippen LogP contribution >= 0.6 is 23.2 Å². The molecule has 1 aromatic heterocycles. The van der Waals surface area contributed by atoms with E-state index in [1.807, 2.05) is 32.0 Å². The van der Waals surface area contributed by atoms with Crippen LogP contribution in [0.1, 0.15) is 11.1 Å². The summed E-state index contributed by atoms with van der Waals surface area (Å²) in [4.78, 5) is 12.1. The molecule has 5 heteroatoms. The number of aromatic amines is 1. The van der Waals surface area contributed by atoms with Crippen LogP contribution in [0.2, 0.25) is 10.0 Å². The molecule has 0 aliphatic carbocycles. The van der Waals surface area contributed by atoms with E-state index >= 15 is 0 Å². The van der Waals surface area contributed by atoms with E-state index in [2.05, 4.69) is 10.2 Å². The largest absolute Gasteiger partial charge is 0.272 e. The lowest BCUT2D eigenvalue weighted by Gasteiger charge is -2.11. The second-order valence-electron chi connectivity index (χ2n) is 4.97. The number of nitrogens with zero attached hydrogens (tertiary/aromatic N) is 1. The van der Waals surface area contributed by atoms with Crippen LogP contribution in [-0.4, -0.2) is 10.2 Å². The maximum Gasteiger partial charge on any atom is 0.272 e. The molecule has 3 nitrogen and oxygen atoms in total. The predicted octanol–water partition coefficient (Wildman–Crippen LogP) is 4.51. The number of H-pyrrole nitrogens is 1. The minimum atomic E-state index is -0.194. The molecule has 0 aliphatic rings. The first kappa shape index (κ1) is 14.1. The van der Waals surface area contributed by atoms with E-state index in [0.717, 1.165) is 22.1 Å². The highest BCUT2D eigenvalue weighted by Crippen LogP contribution is 2.34. The van der Waals surface area contributed by atoms with Crippen LogP contribution in [0, 0.1) is 13.8 Å². The van der Waals surface area contributed by atoms with Gasteiger partial charge in [-0.25, -0.2) is 5.10 Å². The zero-order valence-electron chi connectivity index (χ0n) is 11.5. The highest BCUT2D eigenvalue weighted by atomic mass is 35.5.